The number of amides is 1. The summed E-state index contributed by atoms with van der Waals surface area (Å²) in [6.07, 6.45) is -0.327. The van der Waals surface area contributed by atoms with Crippen LogP contribution in [0.15, 0.2) is 24.3 Å². The molecule has 28 heavy (non-hydrogen) atoms. The SMILES string of the molecule is C[C@H]1CN(S(=O)(=O)N2CCN(C(=O)c3ccc([N+](=O)[O-])cc3)CC2)C[C@H](C)O1. The molecule has 3 rings (SSSR count). The Bertz CT molecular complexity index is 826. The zero-order valence-corrected chi connectivity index (χ0v) is 16.7. The number of nitro benzene ring substituents is 1. The summed E-state index contributed by atoms with van der Waals surface area (Å²) in [4.78, 5) is 24.4. The average Bonchev–Trinajstić information content (AvgIpc) is 2.67. The second kappa shape index (κ2) is 8.11. The normalized spacial score (nSPS) is 24.9. The van der Waals surface area contributed by atoms with Gasteiger partial charge in [0.1, 0.15) is 0 Å². The molecule has 11 heteroatoms. The fourth-order valence-electron chi connectivity index (χ4n) is 3.51. The summed E-state index contributed by atoms with van der Waals surface area (Å²) in [5.41, 5.74) is 0.263. The van der Waals surface area contributed by atoms with Gasteiger partial charge in [-0.25, -0.2) is 0 Å². The van der Waals surface area contributed by atoms with Gasteiger partial charge in [0, 0.05) is 57.0 Å². The number of benzene rings is 1. The highest BCUT2D eigenvalue weighted by molar-refractivity contribution is 7.86. The van der Waals surface area contributed by atoms with Gasteiger partial charge in [0.2, 0.25) is 0 Å². The smallest absolute Gasteiger partial charge is 0.282 e. The van der Waals surface area contributed by atoms with E-state index in [-0.39, 0.29) is 50.0 Å². The lowest BCUT2D eigenvalue weighted by atomic mass is 10.1. The monoisotopic (exact) mass is 412 g/mol. The number of rotatable bonds is 4. The van der Waals surface area contributed by atoms with E-state index in [1.54, 1.807) is 4.90 Å². The van der Waals surface area contributed by atoms with Crippen LogP contribution >= 0.6 is 0 Å². The summed E-state index contributed by atoms with van der Waals surface area (Å²) < 4.78 is 34.3. The van der Waals surface area contributed by atoms with Crippen molar-refractivity contribution in [1.82, 2.24) is 13.5 Å². The van der Waals surface area contributed by atoms with Crippen LogP contribution in [0.4, 0.5) is 5.69 Å². The van der Waals surface area contributed by atoms with E-state index in [4.69, 9.17) is 4.74 Å². The summed E-state index contributed by atoms with van der Waals surface area (Å²) in [6, 6.07) is 5.41. The lowest BCUT2D eigenvalue weighted by Gasteiger charge is -2.40. The largest absolute Gasteiger partial charge is 0.373 e. The molecule has 2 fully saturated rings. The molecule has 154 valence electrons. The number of ether oxygens (including phenoxy) is 1. The van der Waals surface area contributed by atoms with Crippen molar-refractivity contribution in [3.63, 3.8) is 0 Å². The molecule has 1 aromatic rings. The standard InChI is InChI=1S/C17H24N4O6S/c1-13-11-20(12-14(2)27-13)28(25,26)19-9-7-18(8-10-19)17(22)15-3-5-16(6-4-15)21(23)24/h3-6,13-14H,7-12H2,1-2H3/t13-,14-/m0/s1. The number of nitro groups is 1. The molecule has 0 aliphatic carbocycles. The lowest BCUT2D eigenvalue weighted by molar-refractivity contribution is -0.384. The molecule has 2 aliphatic rings. The molecule has 2 saturated heterocycles. The number of carbonyl (C=O) groups is 1. The van der Waals surface area contributed by atoms with Crippen LogP contribution < -0.4 is 0 Å². The van der Waals surface area contributed by atoms with Crippen molar-refractivity contribution < 1.29 is 22.9 Å². The molecule has 10 nitrogen and oxygen atoms in total. The number of nitrogens with zero attached hydrogens (tertiary/aromatic N) is 4. The first kappa shape index (κ1) is 20.6. The van der Waals surface area contributed by atoms with Crippen molar-refractivity contribution in [2.45, 2.75) is 26.1 Å². The summed E-state index contributed by atoms with van der Waals surface area (Å²) in [6.45, 7) is 5.28. The fraction of sp³-hybridized carbons (Fsp3) is 0.588. The molecule has 0 aromatic heterocycles. The van der Waals surface area contributed by atoms with E-state index in [2.05, 4.69) is 0 Å². The van der Waals surface area contributed by atoms with E-state index < -0.39 is 15.1 Å². The maximum absolute atomic E-state index is 12.9. The zero-order valence-electron chi connectivity index (χ0n) is 15.9. The van der Waals surface area contributed by atoms with Gasteiger partial charge in [-0.3, -0.25) is 14.9 Å². The number of hydrogen-bond acceptors (Lipinski definition) is 6. The minimum absolute atomic E-state index is 0.0820. The number of hydrogen-bond donors (Lipinski definition) is 0. The Morgan fingerprint density at radius 2 is 1.57 bits per heavy atom. The van der Waals surface area contributed by atoms with Crippen LogP contribution in [-0.2, 0) is 14.9 Å². The van der Waals surface area contributed by atoms with Crippen LogP contribution in [0.5, 0.6) is 0 Å². The Balaban J connectivity index is 1.62. The van der Waals surface area contributed by atoms with Crippen molar-refractivity contribution in [3.05, 3.63) is 39.9 Å². The minimum atomic E-state index is -3.61. The minimum Gasteiger partial charge on any atom is -0.373 e. The molecule has 0 bridgehead atoms. The van der Waals surface area contributed by atoms with Gasteiger partial charge in [0.25, 0.3) is 21.8 Å². The highest BCUT2D eigenvalue weighted by Gasteiger charge is 2.37. The van der Waals surface area contributed by atoms with Gasteiger partial charge in [0.05, 0.1) is 17.1 Å². The van der Waals surface area contributed by atoms with Gasteiger partial charge in [-0.1, -0.05) is 0 Å². The molecule has 2 aliphatic heterocycles. The predicted molar refractivity (Wildman–Crippen MR) is 101 cm³/mol. The Kier molecular flexibility index (Phi) is 5.98. The third kappa shape index (κ3) is 4.32. The zero-order chi connectivity index (χ0) is 20.5. The summed E-state index contributed by atoms with van der Waals surface area (Å²) >= 11 is 0. The van der Waals surface area contributed by atoms with Crippen LogP contribution in [0, 0.1) is 10.1 Å². The van der Waals surface area contributed by atoms with Gasteiger partial charge in [-0.05, 0) is 26.0 Å². The molecule has 2 heterocycles. The molecule has 0 unspecified atom stereocenters. The molecule has 0 saturated carbocycles. The Labute approximate surface area is 164 Å². The molecule has 1 aromatic carbocycles. The van der Waals surface area contributed by atoms with Crippen molar-refractivity contribution in [1.29, 1.82) is 0 Å². The second-order valence-corrected chi connectivity index (χ2v) is 9.01. The van der Waals surface area contributed by atoms with Gasteiger partial charge < -0.3 is 9.64 Å². The molecular weight excluding hydrogens is 388 g/mol. The van der Waals surface area contributed by atoms with Crippen molar-refractivity contribution in [3.8, 4) is 0 Å². The molecule has 0 radical (unpaired) electrons. The lowest BCUT2D eigenvalue weighted by Crippen LogP contribution is -2.57. The van der Waals surface area contributed by atoms with Crippen LogP contribution in [0.1, 0.15) is 24.2 Å². The van der Waals surface area contributed by atoms with E-state index in [0.717, 1.165) is 0 Å². The van der Waals surface area contributed by atoms with Gasteiger partial charge in [-0.15, -0.1) is 0 Å². The fourth-order valence-corrected chi connectivity index (χ4v) is 5.26. The van der Waals surface area contributed by atoms with Crippen molar-refractivity contribution >= 4 is 21.8 Å². The van der Waals surface area contributed by atoms with Crippen molar-refractivity contribution in [2.24, 2.45) is 0 Å². The first-order chi connectivity index (χ1) is 13.2. The second-order valence-electron chi connectivity index (χ2n) is 7.08. The number of carbonyl (C=O) groups excluding carboxylic acids is 1. The van der Waals surface area contributed by atoms with E-state index in [1.165, 1.54) is 32.9 Å². The number of morpholine rings is 1. The maximum Gasteiger partial charge on any atom is 0.282 e. The maximum atomic E-state index is 12.9. The molecular formula is C17H24N4O6S. The molecule has 0 N–H and O–H groups in total. The predicted octanol–water partition coefficient (Wildman–Crippen LogP) is 0.707. The van der Waals surface area contributed by atoms with Crippen LogP contribution in [0.25, 0.3) is 0 Å². The van der Waals surface area contributed by atoms with Crippen LogP contribution in [0.2, 0.25) is 0 Å². The quantitative estimate of drug-likeness (QED) is 0.532. The van der Waals surface area contributed by atoms with Crippen LogP contribution in [0.3, 0.4) is 0 Å². The Morgan fingerprint density at radius 1 is 1.04 bits per heavy atom. The Morgan fingerprint density at radius 3 is 2.07 bits per heavy atom. The first-order valence-electron chi connectivity index (χ1n) is 9.13. The van der Waals surface area contributed by atoms with Gasteiger partial charge in [0.15, 0.2) is 0 Å². The highest BCUT2D eigenvalue weighted by Crippen LogP contribution is 2.20. The Hall–Kier alpha value is -2.08. The summed E-state index contributed by atoms with van der Waals surface area (Å²) in [5.74, 6) is -0.263. The van der Waals surface area contributed by atoms with Gasteiger partial charge >= 0.3 is 0 Å². The van der Waals surface area contributed by atoms with E-state index >= 15 is 0 Å². The number of non-ortho nitro benzene ring substituents is 1. The summed E-state index contributed by atoms with van der Waals surface area (Å²) in [7, 11) is -3.61. The van der Waals surface area contributed by atoms with Gasteiger partial charge in [-0.2, -0.15) is 17.0 Å². The summed E-state index contributed by atoms with van der Waals surface area (Å²) in [5, 5.41) is 10.7. The number of piperazine rings is 1. The third-order valence-electron chi connectivity index (χ3n) is 4.89. The van der Waals surface area contributed by atoms with Crippen molar-refractivity contribution in [2.75, 3.05) is 39.3 Å². The average molecular weight is 412 g/mol. The first-order valence-corrected chi connectivity index (χ1v) is 10.5. The molecule has 2 atom stereocenters. The molecule has 1 amide bonds. The van der Waals surface area contributed by atoms with E-state index in [1.807, 2.05) is 13.8 Å². The molecule has 0 spiro atoms. The third-order valence-corrected chi connectivity index (χ3v) is 6.86. The van der Waals surface area contributed by atoms with E-state index in [0.29, 0.717) is 18.7 Å². The topological polar surface area (TPSA) is 113 Å². The highest BCUT2D eigenvalue weighted by atomic mass is 32.2. The van der Waals surface area contributed by atoms with E-state index in [9.17, 15) is 23.3 Å². The van der Waals surface area contributed by atoms with Crippen LogP contribution in [-0.4, -0.2) is 84.2 Å².